The average molecular weight is 384 g/mol. The van der Waals surface area contributed by atoms with Gasteiger partial charge in [-0.2, -0.15) is 9.40 Å². The molecule has 1 aliphatic rings. The largest absolute Gasteiger partial charge is 0.495 e. The number of aromatic nitrogens is 2. The Bertz CT molecular complexity index is 858. The van der Waals surface area contributed by atoms with E-state index in [9.17, 15) is 8.42 Å². The second kappa shape index (κ2) is 7.15. The van der Waals surface area contributed by atoms with Crippen molar-refractivity contribution >= 4 is 21.6 Å². The molecule has 1 aromatic heterocycles. The number of methoxy groups -OCH3 is 1. The van der Waals surface area contributed by atoms with Gasteiger partial charge in [-0.25, -0.2) is 8.42 Å². The molecule has 9 heteroatoms. The normalized spacial score (nSPS) is 18.3. The number of rotatable bonds is 5. The summed E-state index contributed by atoms with van der Waals surface area (Å²) in [4.78, 5) is 0.0540. The minimum atomic E-state index is -3.73. The van der Waals surface area contributed by atoms with Gasteiger partial charge in [0.15, 0.2) is 0 Å². The number of hydrogen-bond donors (Lipinski definition) is 0. The number of ether oxygens (including phenoxy) is 2. The quantitative estimate of drug-likeness (QED) is 0.787. The number of nitrogens with zero attached hydrogens (tertiary/aromatic N) is 3. The molecule has 0 radical (unpaired) electrons. The first-order chi connectivity index (χ1) is 11.9. The molecule has 0 amide bonds. The Morgan fingerprint density at radius 2 is 2.04 bits per heavy atom. The van der Waals surface area contributed by atoms with E-state index in [1.54, 1.807) is 24.3 Å². The van der Waals surface area contributed by atoms with Crippen LogP contribution in [0, 0.1) is 6.92 Å². The molecular weight excluding hydrogens is 366 g/mol. The van der Waals surface area contributed by atoms with Gasteiger partial charge in [0, 0.05) is 17.6 Å². The molecule has 0 aliphatic carbocycles. The zero-order valence-corrected chi connectivity index (χ0v) is 15.4. The fraction of sp³-hybridized carbons (Fsp3) is 0.375. The third kappa shape index (κ3) is 3.86. The summed E-state index contributed by atoms with van der Waals surface area (Å²) in [6, 6.07) is 8.05. The maximum Gasteiger partial charge on any atom is 0.246 e. The molecule has 1 aliphatic heterocycles. The van der Waals surface area contributed by atoms with Gasteiger partial charge in [-0.05, 0) is 37.6 Å². The molecule has 1 saturated heterocycles. The van der Waals surface area contributed by atoms with Crippen molar-refractivity contribution in [2.24, 2.45) is 0 Å². The maximum absolute atomic E-state index is 12.9. The number of halogens is 1. The molecule has 0 saturated carbocycles. The van der Waals surface area contributed by atoms with E-state index >= 15 is 0 Å². The van der Waals surface area contributed by atoms with Crippen LogP contribution in [0.2, 0.25) is 5.02 Å². The van der Waals surface area contributed by atoms with Gasteiger partial charge in [-0.1, -0.05) is 11.6 Å². The topological polar surface area (TPSA) is 81.6 Å². The molecular formula is C16H18ClN3O4S. The summed E-state index contributed by atoms with van der Waals surface area (Å²) in [5.74, 6) is 0.647. The first kappa shape index (κ1) is 17.9. The lowest BCUT2D eigenvalue weighted by Gasteiger charge is -2.18. The second-order valence-electron chi connectivity index (χ2n) is 5.70. The van der Waals surface area contributed by atoms with Gasteiger partial charge >= 0.3 is 0 Å². The Hall–Kier alpha value is -1.90. The molecule has 25 heavy (non-hydrogen) atoms. The zero-order valence-electron chi connectivity index (χ0n) is 13.8. The lowest BCUT2D eigenvalue weighted by Crippen LogP contribution is -2.31. The fourth-order valence-corrected chi connectivity index (χ4v) is 4.53. The average Bonchev–Trinajstić information content (AvgIpc) is 3.06. The fourth-order valence-electron chi connectivity index (χ4n) is 2.62. The molecule has 1 atom stereocenters. The van der Waals surface area contributed by atoms with Gasteiger partial charge in [0.2, 0.25) is 15.9 Å². The summed E-state index contributed by atoms with van der Waals surface area (Å²) in [7, 11) is -2.30. The van der Waals surface area contributed by atoms with E-state index in [2.05, 4.69) is 10.2 Å². The summed E-state index contributed by atoms with van der Waals surface area (Å²) >= 11 is 5.96. The van der Waals surface area contributed by atoms with Gasteiger partial charge in [0.1, 0.15) is 16.7 Å². The lowest BCUT2D eigenvalue weighted by atomic mass is 10.3. The molecule has 0 spiro atoms. The summed E-state index contributed by atoms with van der Waals surface area (Å²) in [5.41, 5.74) is 0.788. The standard InChI is InChI=1S/C16H18ClN3O4S/c1-11-3-6-16(19-18-11)24-13-7-8-20(10-13)25(21,22)15-9-12(17)4-5-14(15)23-2/h3-6,9,13H,7-8,10H2,1-2H3. The molecule has 1 fully saturated rings. The highest BCUT2D eigenvalue weighted by Gasteiger charge is 2.35. The SMILES string of the molecule is COc1ccc(Cl)cc1S(=O)(=O)N1CCC(Oc2ccc(C)nn2)C1. The molecule has 0 bridgehead atoms. The molecule has 0 N–H and O–H groups in total. The summed E-state index contributed by atoms with van der Waals surface area (Å²) in [6.07, 6.45) is 0.287. The van der Waals surface area contributed by atoms with Crippen LogP contribution in [0.15, 0.2) is 35.2 Å². The van der Waals surface area contributed by atoms with Crippen molar-refractivity contribution in [2.75, 3.05) is 20.2 Å². The molecule has 1 unspecified atom stereocenters. The van der Waals surface area contributed by atoms with Crippen molar-refractivity contribution in [3.63, 3.8) is 0 Å². The summed E-state index contributed by atoms with van der Waals surface area (Å²) in [6.45, 7) is 2.41. The Balaban J connectivity index is 1.76. The van der Waals surface area contributed by atoms with Crippen molar-refractivity contribution in [1.82, 2.24) is 14.5 Å². The van der Waals surface area contributed by atoms with Crippen molar-refractivity contribution in [3.05, 3.63) is 41.0 Å². The molecule has 7 nitrogen and oxygen atoms in total. The molecule has 2 heterocycles. The first-order valence-electron chi connectivity index (χ1n) is 7.71. The van der Waals surface area contributed by atoms with Gasteiger partial charge in [-0.3, -0.25) is 0 Å². The Morgan fingerprint density at radius 1 is 1.24 bits per heavy atom. The van der Waals surface area contributed by atoms with Crippen molar-refractivity contribution < 1.29 is 17.9 Å². The first-order valence-corrected chi connectivity index (χ1v) is 9.52. The smallest absolute Gasteiger partial charge is 0.246 e. The predicted octanol–water partition coefficient (Wildman–Crippen LogP) is 2.29. The van der Waals surface area contributed by atoms with Crippen LogP contribution in [0.25, 0.3) is 0 Å². The van der Waals surface area contributed by atoms with E-state index in [1.807, 2.05) is 6.92 Å². The van der Waals surface area contributed by atoms with Crippen LogP contribution in [-0.2, 0) is 10.0 Å². The highest BCUT2D eigenvalue weighted by atomic mass is 35.5. The van der Waals surface area contributed by atoms with Gasteiger partial charge < -0.3 is 9.47 Å². The van der Waals surface area contributed by atoms with E-state index in [0.29, 0.717) is 23.9 Å². The van der Waals surface area contributed by atoms with E-state index in [1.165, 1.54) is 17.5 Å². The number of benzene rings is 1. The van der Waals surface area contributed by atoms with Crippen LogP contribution in [0.4, 0.5) is 0 Å². The second-order valence-corrected chi connectivity index (χ2v) is 8.04. The Kier molecular flexibility index (Phi) is 5.12. The summed E-state index contributed by atoms with van der Waals surface area (Å²) < 4.78 is 38.1. The molecule has 2 aromatic rings. The minimum Gasteiger partial charge on any atom is -0.495 e. The van der Waals surface area contributed by atoms with Crippen LogP contribution < -0.4 is 9.47 Å². The van der Waals surface area contributed by atoms with Crippen molar-refractivity contribution in [1.29, 1.82) is 0 Å². The number of hydrogen-bond acceptors (Lipinski definition) is 6. The molecule has 3 rings (SSSR count). The molecule has 134 valence electrons. The number of sulfonamides is 1. The minimum absolute atomic E-state index is 0.0540. The monoisotopic (exact) mass is 383 g/mol. The van der Waals surface area contributed by atoms with Crippen LogP contribution in [0.3, 0.4) is 0 Å². The van der Waals surface area contributed by atoms with Gasteiger partial charge in [0.05, 0.1) is 19.3 Å². The Labute approximate surface area is 151 Å². The van der Waals surface area contributed by atoms with Crippen molar-refractivity contribution in [3.8, 4) is 11.6 Å². The van der Waals surface area contributed by atoms with Gasteiger partial charge in [0.25, 0.3) is 0 Å². The van der Waals surface area contributed by atoms with Crippen LogP contribution in [0.5, 0.6) is 11.6 Å². The van der Waals surface area contributed by atoms with E-state index in [0.717, 1.165) is 5.69 Å². The number of aryl methyl sites for hydroxylation is 1. The highest BCUT2D eigenvalue weighted by Crippen LogP contribution is 2.31. The Morgan fingerprint density at radius 3 is 2.72 bits per heavy atom. The predicted molar refractivity (Wildman–Crippen MR) is 92.6 cm³/mol. The third-order valence-corrected chi connectivity index (χ3v) is 6.03. The van der Waals surface area contributed by atoms with E-state index in [-0.39, 0.29) is 23.3 Å². The van der Waals surface area contributed by atoms with Crippen molar-refractivity contribution in [2.45, 2.75) is 24.3 Å². The highest BCUT2D eigenvalue weighted by molar-refractivity contribution is 7.89. The summed E-state index contributed by atoms with van der Waals surface area (Å²) in [5, 5.41) is 8.21. The van der Waals surface area contributed by atoms with E-state index < -0.39 is 10.0 Å². The maximum atomic E-state index is 12.9. The molecule has 1 aromatic carbocycles. The third-order valence-electron chi connectivity index (χ3n) is 3.91. The van der Waals surface area contributed by atoms with E-state index in [4.69, 9.17) is 21.1 Å². The van der Waals surface area contributed by atoms with Crippen LogP contribution in [0.1, 0.15) is 12.1 Å². The zero-order chi connectivity index (χ0) is 18.0. The van der Waals surface area contributed by atoms with Crippen LogP contribution in [-0.4, -0.2) is 49.2 Å². The lowest BCUT2D eigenvalue weighted by molar-refractivity contribution is 0.204. The van der Waals surface area contributed by atoms with Gasteiger partial charge in [-0.15, -0.1) is 5.10 Å². The van der Waals surface area contributed by atoms with Crippen LogP contribution >= 0.6 is 11.6 Å².